The lowest BCUT2D eigenvalue weighted by molar-refractivity contribution is 0.519. The number of benzene rings is 6. The molecular weight excluding hydrogens is 685 g/mol. The smallest absolute Gasteiger partial charge is 0.141 e. The molecule has 0 fully saturated rings. The summed E-state index contributed by atoms with van der Waals surface area (Å²) in [4.78, 5) is 0. The standard InChI is InChI=1S/C52H40O2Si/c1-35-29-31-49(53-35)47-33-45-41(37-17-7-3-8-18-37)25-15-27-43(45)51(47)55(39-21-11-5-12-22-39,40-23-13-6-14-24-40)52-44-28-16-26-42(38-19-9-4-10-20-38)46(44)34-48(52)50-32-30-36(2)54-50/h3-34,51-52H,1-2H3. The van der Waals surface area contributed by atoms with Crippen LogP contribution < -0.4 is 10.4 Å². The monoisotopic (exact) mass is 724 g/mol. The highest BCUT2D eigenvalue weighted by Gasteiger charge is 2.58. The zero-order valence-electron chi connectivity index (χ0n) is 30.9. The summed E-state index contributed by atoms with van der Waals surface area (Å²) in [5, 5.41) is 2.74. The van der Waals surface area contributed by atoms with Crippen LogP contribution in [-0.2, 0) is 0 Å². The fourth-order valence-corrected chi connectivity index (χ4v) is 16.0. The van der Waals surface area contributed by atoms with Crippen molar-refractivity contribution in [2.24, 2.45) is 0 Å². The van der Waals surface area contributed by atoms with Crippen LogP contribution >= 0.6 is 0 Å². The van der Waals surface area contributed by atoms with Crippen LogP contribution in [0.15, 0.2) is 191 Å². The summed E-state index contributed by atoms with van der Waals surface area (Å²) in [6.45, 7) is 4.10. The van der Waals surface area contributed by atoms with E-state index in [1.54, 1.807) is 0 Å². The largest absolute Gasteiger partial charge is 0.462 e. The van der Waals surface area contributed by atoms with Gasteiger partial charge < -0.3 is 8.83 Å². The van der Waals surface area contributed by atoms with Gasteiger partial charge in [0.2, 0.25) is 0 Å². The molecule has 0 amide bonds. The average Bonchev–Trinajstić information content (AvgIpc) is 4.05. The van der Waals surface area contributed by atoms with Gasteiger partial charge in [0.05, 0.1) is 0 Å². The summed E-state index contributed by atoms with van der Waals surface area (Å²) in [5.74, 6) is 3.67. The lowest BCUT2D eigenvalue weighted by atomic mass is 9.97. The van der Waals surface area contributed by atoms with Crippen molar-refractivity contribution in [2.45, 2.75) is 24.9 Å². The molecule has 0 N–H and O–H groups in total. The van der Waals surface area contributed by atoms with Crippen molar-refractivity contribution in [2.75, 3.05) is 0 Å². The van der Waals surface area contributed by atoms with Gasteiger partial charge >= 0.3 is 0 Å². The predicted octanol–water partition coefficient (Wildman–Crippen LogP) is 12.1. The van der Waals surface area contributed by atoms with Crippen molar-refractivity contribution in [3.05, 3.63) is 227 Å². The van der Waals surface area contributed by atoms with Crippen LogP contribution in [0.2, 0.25) is 0 Å². The highest BCUT2D eigenvalue weighted by molar-refractivity contribution is 7.06. The van der Waals surface area contributed by atoms with E-state index in [9.17, 15) is 0 Å². The molecular formula is C52H40O2Si. The zero-order chi connectivity index (χ0) is 36.9. The molecule has 2 unspecified atom stereocenters. The van der Waals surface area contributed by atoms with E-state index in [4.69, 9.17) is 8.83 Å². The van der Waals surface area contributed by atoms with E-state index in [1.807, 2.05) is 13.8 Å². The van der Waals surface area contributed by atoms with Crippen molar-refractivity contribution in [3.63, 3.8) is 0 Å². The third kappa shape index (κ3) is 5.38. The quantitative estimate of drug-likeness (QED) is 0.146. The van der Waals surface area contributed by atoms with Crippen molar-refractivity contribution in [1.82, 2.24) is 0 Å². The second-order valence-electron chi connectivity index (χ2n) is 14.8. The molecule has 8 aromatic rings. The Morgan fingerprint density at radius 1 is 0.382 bits per heavy atom. The summed E-state index contributed by atoms with van der Waals surface area (Å²) in [7, 11) is -3.16. The molecule has 2 aromatic heterocycles. The number of furan rings is 2. The zero-order valence-corrected chi connectivity index (χ0v) is 31.9. The van der Waals surface area contributed by atoms with E-state index >= 15 is 0 Å². The number of aryl methyl sites for hydroxylation is 2. The lowest BCUT2D eigenvalue weighted by Crippen LogP contribution is -2.66. The molecule has 0 saturated carbocycles. The molecule has 2 aliphatic rings. The predicted molar refractivity (Wildman–Crippen MR) is 230 cm³/mol. The highest BCUT2D eigenvalue weighted by atomic mass is 28.3. The molecule has 2 nitrogen and oxygen atoms in total. The molecule has 55 heavy (non-hydrogen) atoms. The third-order valence-electron chi connectivity index (χ3n) is 11.8. The van der Waals surface area contributed by atoms with E-state index in [-0.39, 0.29) is 11.1 Å². The Hall–Kier alpha value is -6.42. The lowest BCUT2D eigenvalue weighted by Gasteiger charge is -2.46. The van der Waals surface area contributed by atoms with Gasteiger partial charge in [0.15, 0.2) is 0 Å². The number of fused-ring (bicyclic) bond motifs is 2. The Morgan fingerprint density at radius 3 is 1.13 bits per heavy atom. The van der Waals surface area contributed by atoms with E-state index < -0.39 is 8.07 Å². The van der Waals surface area contributed by atoms with Gasteiger partial charge in [-0.3, -0.25) is 0 Å². The van der Waals surface area contributed by atoms with Crippen molar-refractivity contribution >= 4 is 41.7 Å². The molecule has 10 rings (SSSR count). The fraction of sp³-hybridized carbons (Fsp3) is 0.0769. The van der Waals surface area contributed by atoms with Gasteiger partial charge in [0, 0.05) is 22.2 Å². The van der Waals surface area contributed by atoms with E-state index in [0.29, 0.717) is 0 Å². The number of rotatable bonds is 8. The minimum atomic E-state index is -3.16. The molecule has 0 saturated heterocycles. The minimum absolute atomic E-state index is 0.0164. The molecule has 0 spiro atoms. The fourth-order valence-electron chi connectivity index (χ4n) is 9.56. The highest BCUT2D eigenvalue weighted by Crippen LogP contribution is 2.58. The normalized spacial score (nSPS) is 16.0. The van der Waals surface area contributed by atoms with Crippen LogP contribution in [-0.4, -0.2) is 8.07 Å². The van der Waals surface area contributed by atoms with Crippen LogP contribution in [0.1, 0.15) is 56.4 Å². The number of hydrogen-bond acceptors (Lipinski definition) is 2. The summed E-state index contributed by atoms with van der Waals surface area (Å²) >= 11 is 0. The molecule has 0 aliphatic heterocycles. The molecule has 6 aromatic carbocycles. The Bertz CT molecular complexity index is 2530. The Morgan fingerprint density at radius 2 is 0.764 bits per heavy atom. The summed E-state index contributed by atoms with van der Waals surface area (Å²) in [6, 6.07) is 66.9. The molecule has 2 atom stereocenters. The second-order valence-corrected chi connectivity index (χ2v) is 18.9. The van der Waals surface area contributed by atoms with Gasteiger partial charge in [-0.05, 0) is 94.8 Å². The average molecular weight is 725 g/mol. The van der Waals surface area contributed by atoms with Crippen molar-refractivity contribution in [3.8, 4) is 22.3 Å². The SMILES string of the molecule is Cc1ccc(C2=Cc3c(-c4ccccc4)cccc3C2[Si](c2ccccc2)(c2ccccc2)C2C(c3ccc(C)o3)=Cc3c(-c4ccccc4)cccc32)o1. The van der Waals surface area contributed by atoms with Gasteiger partial charge in [0.25, 0.3) is 0 Å². The molecule has 2 aliphatic carbocycles. The first-order chi connectivity index (χ1) is 27.1. The van der Waals surface area contributed by atoms with Gasteiger partial charge in [-0.2, -0.15) is 0 Å². The number of hydrogen-bond donors (Lipinski definition) is 0. The maximum atomic E-state index is 6.69. The van der Waals surface area contributed by atoms with Gasteiger partial charge in [-0.1, -0.05) is 168 Å². The van der Waals surface area contributed by atoms with Gasteiger partial charge in [-0.25, -0.2) is 0 Å². The Kier molecular flexibility index (Phi) is 8.12. The summed E-state index contributed by atoms with van der Waals surface area (Å²) in [5.41, 5.74) is 12.5. The van der Waals surface area contributed by atoms with Gasteiger partial charge in [0.1, 0.15) is 31.1 Å². The minimum Gasteiger partial charge on any atom is -0.462 e. The third-order valence-corrected chi connectivity index (χ3v) is 17.4. The van der Waals surface area contributed by atoms with Crippen LogP contribution in [0.25, 0.3) is 45.6 Å². The Labute approximate surface area is 323 Å². The first-order valence-corrected chi connectivity index (χ1v) is 21.3. The number of allylic oxidation sites excluding steroid dienone is 2. The van der Waals surface area contributed by atoms with E-state index in [0.717, 1.165) is 23.0 Å². The Balaban J connectivity index is 1.36. The molecule has 264 valence electrons. The van der Waals surface area contributed by atoms with Crippen LogP contribution in [0.5, 0.6) is 0 Å². The summed E-state index contributed by atoms with van der Waals surface area (Å²) < 4.78 is 13.4. The maximum Gasteiger partial charge on any atom is 0.141 e. The molecule has 0 radical (unpaired) electrons. The first-order valence-electron chi connectivity index (χ1n) is 19.2. The first kappa shape index (κ1) is 33.2. The van der Waals surface area contributed by atoms with Crippen molar-refractivity contribution in [1.29, 1.82) is 0 Å². The maximum absolute atomic E-state index is 6.69. The molecule has 3 heteroatoms. The van der Waals surface area contributed by atoms with Crippen LogP contribution in [0.4, 0.5) is 0 Å². The van der Waals surface area contributed by atoms with E-state index in [2.05, 4.69) is 194 Å². The summed E-state index contributed by atoms with van der Waals surface area (Å²) in [6.07, 6.45) is 4.90. The molecule has 0 bridgehead atoms. The molecule has 2 heterocycles. The van der Waals surface area contributed by atoms with Crippen molar-refractivity contribution < 1.29 is 8.83 Å². The van der Waals surface area contributed by atoms with E-state index in [1.165, 1.54) is 66.0 Å². The topological polar surface area (TPSA) is 26.3 Å². The van der Waals surface area contributed by atoms with Gasteiger partial charge in [-0.15, -0.1) is 0 Å². The van der Waals surface area contributed by atoms with Crippen LogP contribution in [0, 0.1) is 13.8 Å². The van der Waals surface area contributed by atoms with Crippen LogP contribution in [0.3, 0.4) is 0 Å². The second kappa shape index (κ2) is 13.5.